The molecule has 2 aromatic heterocycles. The molecule has 0 atom stereocenters. The molecule has 1 fully saturated rings. The van der Waals surface area contributed by atoms with E-state index in [0.717, 1.165) is 37.4 Å². The van der Waals surface area contributed by atoms with Gasteiger partial charge in [-0.3, -0.25) is 5.32 Å². The molecular weight excluding hydrogens is 346 g/mol. The number of nitrogens with zero attached hydrogens (tertiary/aromatic N) is 4. The molecule has 0 radical (unpaired) electrons. The summed E-state index contributed by atoms with van der Waals surface area (Å²) in [5, 5.41) is 14.7. The molecule has 9 heteroatoms. The number of imidazole rings is 1. The Hall–Kier alpha value is -3.46. The second kappa shape index (κ2) is 7.42. The van der Waals surface area contributed by atoms with Gasteiger partial charge < -0.3 is 20.3 Å². The first-order valence-corrected chi connectivity index (χ1v) is 8.64. The molecule has 0 aliphatic carbocycles. The van der Waals surface area contributed by atoms with Crippen LogP contribution < -0.4 is 15.5 Å². The first-order chi connectivity index (χ1) is 13.2. The number of anilines is 2. The van der Waals surface area contributed by atoms with Crippen molar-refractivity contribution in [1.29, 1.82) is 0 Å². The number of rotatable bonds is 4. The molecule has 1 aliphatic rings. The highest BCUT2D eigenvalue weighted by atomic mass is 16.4. The number of H-pyrrole nitrogens is 1. The zero-order valence-corrected chi connectivity index (χ0v) is 14.5. The third-order valence-corrected chi connectivity index (χ3v) is 4.31. The van der Waals surface area contributed by atoms with Crippen LogP contribution in [0.5, 0.6) is 0 Å². The van der Waals surface area contributed by atoms with Crippen molar-refractivity contribution in [2.75, 3.05) is 36.4 Å². The third kappa shape index (κ3) is 3.72. The number of benzene rings is 1. The minimum atomic E-state index is -1.20. The molecule has 1 amide bonds. The van der Waals surface area contributed by atoms with E-state index in [2.05, 4.69) is 35.5 Å². The van der Waals surface area contributed by atoms with Crippen LogP contribution in [0.2, 0.25) is 0 Å². The van der Waals surface area contributed by atoms with Gasteiger partial charge >= 0.3 is 6.09 Å². The van der Waals surface area contributed by atoms with Crippen molar-refractivity contribution in [2.24, 2.45) is 0 Å². The Morgan fingerprint density at radius 3 is 2.63 bits per heavy atom. The lowest BCUT2D eigenvalue weighted by atomic mass is 10.2. The number of carbonyl (C=O) groups is 1. The van der Waals surface area contributed by atoms with Crippen molar-refractivity contribution in [1.82, 2.24) is 25.3 Å². The Morgan fingerprint density at radius 1 is 1.11 bits per heavy atom. The second-order valence-electron chi connectivity index (χ2n) is 6.10. The molecule has 0 spiro atoms. The van der Waals surface area contributed by atoms with Gasteiger partial charge in [0.05, 0.1) is 18.1 Å². The average Bonchev–Trinajstić information content (AvgIpc) is 3.19. The monoisotopic (exact) mass is 365 g/mol. The topological polar surface area (TPSA) is 119 Å². The van der Waals surface area contributed by atoms with Crippen LogP contribution in [0, 0.1) is 0 Å². The number of hydrogen-bond donors (Lipinski definition) is 4. The molecule has 3 heterocycles. The van der Waals surface area contributed by atoms with E-state index in [4.69, 9.17) is 5.11 Å². The molecule has 27 heavy (non-hydrogen) atoms. The number of aromatic nitrogens is 4. The Kier molecular flexibility index (Phi) is 4.67. The Labute approximate surface area is 155 Å². The molecule has 0 saturated carbocycles. The SMILES string of the molecule is O=C(O)Nc1ncc(N2CCNCC2)nc1-c1ncc(-c2ccccc2)[nH]1. The predicted octanol–water partition coefficient (Wildman–Crippen LogP) is 2.03. The van der Waals surface area contributed by atoms with Gasteiger partial charge in [0.15, 0.2) is 17.3 Å². The molecule has 4 rings (SSSR count). The van der Waals surface area contributed by atoms with E-state index in [9.17, 15) is 4.79 Å². The summed E-state index contributed by atoms with van der Waals surface area (Å²) in [6.45, 7) is 3.36. The fourth-order valence-corrected chi connectivity index (χ4v) is 2.99. The molecule has 1 aromatic carbocycles. The van der Waals surface area contributed by atoms with Crippen molar-refractivity contribution in [3.05, 3.63) is 42.7 Å². The van der Waals surface area contributed by atoms with E-state index in [-0.39, 0.29) is 5.82 Å². The van der Waals surface area contributed by atoms with Gasteiger partial charge in [-0.1, -0.05) is 30.3 Å². The fraction of sp³-hybridized carbons (Fsp3) is 0.222. The average molecular weight is 365 g/mol. The lowest BCUT2D eigenvalue weighted by Crippen LogP contribution is -2.44. The third-order valence-electron chi connectivity index (χ3n) is 4.31. The summed E-state index contributed by atoms with van der Waals surface area (Å²) in [5.41, 5.74) is 2.17. The number of amides is 1. The molecule has 9 nitrogen and oxygen atoms in total. The van der Waals surface area contributed by atoms with E-state index in [0.29, 0.717) is 17.3 Å². The van der Waals surface area contributed by atoms with Crippen LogP contribution >= 0.6 is 0 Å². The summed E-state index contributed by atoms with van der Waals surface area (Å²) in [7, 11) is 0. The maximum atomic E-state index is 11.1. The number of nitrogens with one attached hydrogen (secondary N) is 3. The number of hydrogen-bond acceptors (Lipinski definition) is 6. The summed E-state index contributed by atoms with van der Waals surface area (Å²) in [6.07, 6.45) is 2.09. The minimum Gasteiger partial charge on any atom is -0.465 e. The molecular formula is C18H19N7O2. The van der Waals surface area contributed by atoms with Crippen LogP contribution in [0.1, 0.15) is 0 Å². The van der Waals surface area contributed by atoms with Crippen molar-refractivity contribution < 1.29 is 9.90 Å². The van der Waals surface area contributed by atoms with Crippen LogP contribution in [-0.2, 0) is 0 Å². The highest BCUT2D eigenvalue weighted by molar-refractivity contribution is 5.86. The molecule has 1 saturated heterocycles. The first kappa shape index (κ1) is 17.0. The predicted molar refractivity (Wildman–Crippen MR) is 102 cm³/mol. The molecule has 4 N–H and O–H groups in total. The normalized spacial score (nSPS) is 14.1. The van der Waals surface area contributed by atoms with Gasteiger partial charge in [0.25, 0.3) is 0 Å². The fourth-order valence-electron chi connectivity index (χ4n) is 2.99. The quantitative estimate of drug-likeness (QED) is 0.558. The van der Waals surface area contributed by atoms with Crippen LogP contribution in [0.4, 0.5) is 16.4 Å². The molecule has 1 aliphatic heterocycles. The summed E-state index contributed by atoms with van der Waals surface area (Å²) in [4.78, 5) is 29.8. The van der Waals surface area contributed by atoms with E-state index >= 15 is 0 Å². The lowest BCUT2D eigenvalue weighted by molar-refractivity contribution is 0.209. The molecule has 138 valence electrons. The van der Waals surface area contributed by atoms with Crippen LogP contribution in [0.25, 0.3) is 22.8 Å². The number of carboxylic acid groups (broad SMARTS) is 1. The van der Waals surface area contributed by atoms with E-state index in [1.54, 1.807) is 12.4 Å². The second-order valence-corrected chi connectivity index (χ2v) is 6.10. The Bertz CT molecular complexity index is 936. The van der Waals surface area contributed by atoms with Gasteiger partial charge in [-0.15, -0.1) is 0 Å². The Morgan fingerprint density at radius 2 is 1.89 bits per heavy atom. The van der Waals surface area contributed by atoms with Crippen molar-refractivity contribution in [2.45, 2.75) is 0 Å². The summed E-state index contributed by atoms with van der Waals surface area (Å²) >= 11 is 0. The van der Waals surface area contributed by atoms with Gasteiger partial charge in [0.2, 0.25) is 0 Å². The van der Waals surface area contributed by atoms with Crippen LogP contribution in [-0.4, -0.2) is 57.3 Å². The van der Waals surface area contributed by atoms with Crippen LogP contribution in [0.15, 0.2) is 42.7 Å². The zero-order valence-electron chi connectivity index (χ0n) is 14.5. The maximum absolute atomic E-state index is 11.1. The summed E-state index contributed by atoms with van der Waals surface area (Å²) < 4.78 is 0. The van der Waals surface area contributed by atoms with Gasteiger partial charge in [-0.25, -0.2) is 19.7 Å². The minimum absolute atomic E-state index is 0.148. The summed E-state index contributed by atoms with van der Waals surface area (Å²) in [6, 6.07) is 9.77. The van der Waals surface area contributed by atoms with Gasteiger partial charge in [-0.05, 0) is 5.56 Å². The van der Waals surface area contributed by atoms with Crippen molar-refractivity contribution in [3.8, 4) is 22.8 Å². The first-order valence-electron chi connectivity index (χ1n) is 8.64. The highest BCUT2D eigenvalue weighted by Gasteiger charge is 2.19. The van der Waals surface area contributed by atoms with E-state index in [1.165, 1.54) is 0 Å². The summed E-state index contributed by atoms with van der Waals surface area (Å²) in [5.74, 6) is 1.30. The van der Waals surface area contributed by atoms with Gasteiger partial charge in [-0.2, -0.15) is 0 Å². The molecule has 0 bridgehead atoms. The number of aromatic amines is 1. The molecule has 3 aromatic rings. The zero-order chi connectivity index (χ0) is 18.6. The van der Waals surface area contributed by atoms with E-state index in [1.807, 2.05) is 30.3 Å². The van der Waals surface area contributed by atoms with Crippen LogP contribution in [0.3, 0.4) is 0 Å². The van der Waals surface area contributed by atoms with Crippen molar-refractivity contribution in [3.63, 3.8) is 0 Å². The Balaban J connectivity index is 1.72. The largest absolute Gasteiger partial charge is 0.465 e. The standard InChI is InChI=1S/C18H19N7O2/c26-18(27)24-17-15(23-14(11-21-17)25-8-6-19-7-9-25)16-20-10-13(22-16)12-4-2-1-3-5-12/h1-5,10-11,19H,6-9H2,(H,20,22)(H,21,24)(H,26,27). The van der Waals surface area contributed by atoms with Gasteiger partial charge in [0, 0.05) is 26.2 Å². The smallest absolute Gasteiger partial charge is 0.410 e. The highest BCUT2D eigenvalue weighted by Crippen LogP contribution is 2.27. The number of piperazine rings is 1. The lowest BCUT2D eigenvalue weighted by Gasteiger charge is -2.28. The van der Waals surface area contributed by atoms with E-state index < -0.39 is 6.09 Å². The van der Waals surface area contributed by atoms with Crippen molar-refractivity contribution >= 4 is 17.7 Å². The maximum Gasteiger partial charge on any atom is 0.410 e. The molecule has 0 unspecified atom stereocenters. The van der Waals surface area contributed by atoms with Gasteiger partial charge in [0.1, 0.15) is 5.82 Å².